The molecule has 0 aliphatic carbocycles. The smallest absolute Gasteiger partial charge is 0.320 e. The van der Waals surface area contributed by atoms with Crippen molar-refractivity contribution in [2.45, 2.75) is 63.5 Å². The molecule has 1 heterocycles. The Kier molecular flexibility index (Phi) is 20.8. The van der Waals surface area contributed by atoms with E-state index in [1.54, 1.807) is 0 Å². The molecule has 1 aliphatic rings. The van der Waals surface area contributed by atoms with Gasteiger partial charge in [-0.25, -0.2) is 0 Å². The number of carbonyl (C=O) groups is 1. The topological polar surface area (TPSA) is 196 Å². The molecule has 21 heavy (non-hydrogen) atoms. The van der Waals surface area contributed by atoms with Gasteiger partial charge in [0, 0.05) is 6.42 Å². The van der Waals surface area contributed by atoms with Crippen LogP contribution in [0.15, 0.2) is 4.99 Å². The Balaban J connectivity index is -0.000000361. The molecule has 0 spiro atoms. The van der Waals surface area contributed by atoms with Crippen LogP contribution < -0.4 is 11.5 Å². The van der Waals surface area contributed by atoms with Crippen molar-refractivity contribution in [3.05, 3.63) is 0 Å². The summed E-state index contributed by atoms with van der Waals surface area (Å²) in [5.74, 6) is -0.142. The van der Waals surface area contributed by atoms with Gasteiger partial charge in [0.1, 0.15) is 6.04 Å². The van der Waals surface area contributed by atoms with Crippen molar-refractivity contribution in [3.63, 3.8) is 0 Å². The van der Waals surface area contributed by atoms with E-state index in [9.17, 15) is 4.79 Å². The monoisotopic (exact) mass is 331 g/mol. The maximum atomic E-state index is 10.5. The fourth-order valence-corrected chi connectivity index (χ4v) is 2.13. The standard InChI is InChI=1S/C12H23N3O2.ClH.3H2O/c13-10(12(16)17)7-3-1-5-9-6-2-4-8-11(14)15-9;;;;/h9-10H,1-8,13H2,(H2,14,15)(H,16,17);1H;3*1H2/t9-,10+;;;;/m1..../s1. The van der Waals surface area contributed by atoms with Gasteiger partial charge in [0.2, 0.25) is 0 Å². The second-order valence-corrected chi connectivity index (χ2v) is 4.75. The number of carboxylic acid groups (broad SMARTS) is 1. The van der Waals surface area contributed by atoms with Gasteiger partial charge in [0.05, 0.1) is 11.9 Å². The van der Waals surface area contributed by atoms with E-state index in [0.29, 0.717) is 12.5 Å². The lowest BCUT2D eigenvalue weighted by Gasteiger charge is -2.11. The minimum Gasteiger partial charge on any atom is -0.480 e. The Bertz CT molecular complexity index is 292. The summed E-state index contributed by atoms with van der Waals surface area (Å²) in [5.41, 5.74) is 11.2. The van der Waals surface area contributed by atoms with Crippen LogP contribution in [0.5, 0.6) is 0 Å². The number of halogens is 1. The van der Waals surface area contributed by atoms with Gasteiger partial charge >= 0.3 is 5.97 Å². The summed E-state index contributed by atoms with van der Waals surface area (Å²) >= 11 is 0. The Hall–Kier alpha value is -0.930. The molecular formula is C12H30ClN3O5. The summed E-state index contributed by atoms with van der Waals surface area (Å²) in [6.07, 6.45) is 7.70. The first kappa shape index (κ1) is 28.3. The Morgan fingerprint density at radius 2 is 1.90 bits per heavy atom. The van der Waals surface area contributed by atoms with Crippen molar-refractivity contribution >= 4 is 24.2 Å². The number of carboxylic acids is 1. The van der Waals surface area contributed by atoms with Crippen molar-refractivity contribution < 1.29 is 26.3 Å². The number of unbranched alkanes of at least 4 members (excludes halogenated alkanes) is 1. The zero-order valence-corrected chi connectivity index (χ0v) is 13.0. The van der Waals surface area contributed by atoms with E-state index in [2.05, 4.69) is 4.99 Å². The Labute approximate surface area is 131 Å². The van der Waals surface area contributed by atoms with E-state index in [-0.39, 0.29) is 28.8 Å². The lowest BCUT2D eigenvalue weighted by atomic mass is 10.0. The van der Waals surface area contributed by atoms with E-state index in [4.69, 9.17) is 16.6 Å². The molecule has 0 saturated heterocycles. The average Bonchev–Trinajstić information content (AvgIpc) is 2.48. The van der Waals surface area contributed by atoms with Gasteiger partial charge in [0.25, 0.3) is 0 Å². The fourth-order valence-electron chi connectivity index (χ4n) is 2.13. The third-order valence-corrected chi connectivity index (χ3v) is 3.19. The van der Waals surface area contributed by atoms with Crippen molar-refractivity contribution in [2.24, 2.45) is 16.5 Å². The summed E-state index contributed by atoms with van der Waals surface area (Å²) in [7, 11) is 0. The number of hydrogen-bond donors (Lipinski definition) is 3. The summed E-state index contributed by atoms with van der Waals surface area (Å²) in [6.45, 7) is 0. The van der Waals surface area contributed by atoms with E-state index < -0.39 is 12.0 Å². The quantitative estimate of drug-likeness (QED) is 0.536. The highest BCUT2D eigenvalue weighted by Gasteiger charge is 2.13. The third-order valence-electron chi connectivity index (χ3n) is 3.19. The number of nitrogens with zero attached hydrogens (tertiary/aromatic N) is 1. The largest absolute Gasteiger partial charge is 0.480 e. The highest BCUT2D eigenvalue weighted by molar-refractivity contribution is 5.85. The van der Waals surface area contributed by atoms with Crippen LogP contribution in [0, 0.1) is 0 Å². The van der Waals surface area contributed by atoms with Crippen LogP contribution in [0.25, 0.3) is 0 Å². The number of rotatable bonds is 6. The van der Waals surface area contributed by atoms with Crippen LogP contribution in [0.1, 0.15) is 51.4 Å². The fraction of sp³-hybridized carbons (Fsp3) is 0.833. The molecule has 1 aliphatic heterocycles. The number of aliphatic imine (C=N–C) groups is 1. The van der Waals surface area contributed by atoms with Crippen molar-refractivity contribution in [1.29, 1.82) is 0 Å². The summed E-state index contributed by atoms with van der Waals surface area (Å²) in [5, 5.41) is 8.64. The second-order valence-electron chi connectivity index (χ2n) is 4.75. The van der Waals surface area contributed by atoms with Gasteiger partial charge in [0.15, 0.2) is 0 Å². The minimum absolute atomic E-state index is 0. The molecule has 0 bridgehead atoms. The molecule has 0 aromatic heterocycles. The first-order valence-electron chi connectivity index (χ1n) is 6.40. The first-order valence-corrected chi connectivity index (χ1v) is 6.40. The molecule has 2 atom stereocenters. The highest BCUT2D eigenvalue weighted by Crippen LogP contribution is 2.17. The van der Waals surface area contributed by atoms with E-state index in [0.717, 1.165) is 44.4 Å². The normalized spacial score (nSPS) is 18.3. The molecular weight excluding hydrogens is 302 g/mol. The van der Waals surface area contributed by atoms with Crippen LogP contribution >= 0.6 is 12.4 Å². The average molecular weight is 332 g/mol. The lowest BCUT2D eigenvalue weighted by molar-refractivity contribution is -0.138. The number of amidine groups is 1. The molecule has 130 valence electrons. The molecule has 0 amide bonds. The van der Waals surface area contributed by atoms with E-state index in [1.807, 2.05) is 0 Å². The van der Waals surface area contributed by atoms with Gasteiger partial charge < -0.3 is 33.0 Å². The third kappa shape index (κ3) is 12.5. The maximum Gasteiger partial charge on any atom is 0.320 e. The van der Waals surface area contributed by atoms with Crippen LogP contribution in [-0.4, -0.2) is 45.4 Å². The second kappa shape index (κ2) is 15.5. The summed E-state index contributed by atoms with van der Waals surface area (Å²) in [4.78, 5) is 15.0. The van der Waals surface area contributed by atoms with Gasteiger partial charge in [-0.1, -0.05) is 19.3 Å². The molecule has 8 nitrogen and oxygen atoms in total. The van der Waals surface area contributed by atoms with Crippen LogP contribution in [0.2, 0.25) is 0 Å². The van der Waals surface area contributed by atoms with Crippen molar-refractivity contribution in [3.8, 4) is 0 Å². The highest BCUT2D eigenvalue weighted by atomic mass is 35.5. The van der Waals surface area contributed by atoms with Crippen LogP contribution in [-0.2, 0) is 4.79 Å². The van der Waals surface area contributed by atoms with Crippen molar-refractivity contribution in [1.82, 2.24) is 0 Å². The summed E-state index contributed by atoms with van der Waals surface area (Å²) in [6, 6.07) is -0.392. The Morgan fingerprint density at radius 3 is 2.48 bits per heavy atom. The zero-order valence-electron chi connectivity index (χ0n) is 12.2. The summed E-state index contributed by atoms with van der Waals surface area (Å²) < 4.78 is 0. The van der Waals surface area contributed by atoms with Crippen molar-refractivity contribution in [2.75, 3.05) is 0 Å². The molecule has 0 saturated carbocycles. The number of nitrogens with two attached hydrogens (primary N) is 2. The molecule has 0 aromatic rings. The molecule has 1 rings (SSSR count). The van der Waals surface area contributed by atoms with E-state index >= 15 is 0 Å². The number of hydrogen-bond acceptors (Lipinski definition) is 4. The molecule has 0 unspecified atom stereocenters. The van der Waals surface area contributed by atoms with Gasteiger partial charge in [-0.3, -0.25) is 9.79 Å². The van der Waals surface area contributed by atoms with Gasteiger partial charge in [-0.2, -0.15) is 0 Å². The maximum absolute atomic E-state index is 10.5. The molecule has 11 N–H and O–H groups in total. The van der Waals surface area contributed by atoms with Crippen LogP contribution in [0.4, 0.5) is 0 Å². The minimum atomic E-state index is -0.915. The van der Waals surface area contributed by atoms with Crippen LogP contribution in [0.3, 0.4) is 0 Å². The predicted octanol–water partition coefficient (Wildman–Crippen LogP) is -0.794. The Morgan fingerprint density at radius 1 is 1.29 bits per heavy atom. The molecule has 9 heteroatoms. The molecule has 0 aromatic carbocycles. The first-order chi connectivity index (χ1) is 8.09. The zero-order chi connectivity index (χ0) is 12.7. The predicted molar refractivity (Wildman–Crippen MR) is 86.0 cm³/mol. The van der Waals surface area contributed by atoms with Gasteiger partial charge in [-0.15, -0.1) is 12.4 Å². The van der Waals surface area contributed by atoms with E-state index in [1.165, 1.54) is 6.42 Å². The molecule has 0 radical (unpaired) electrons. The number of aliphatic carboxylic acids is 1. The van der Waals surface area contributed by atoms with Gasteiger partial charge in [-0.05, 0) is 25.7 Å². The lowest BCUT2D eigenvalue weighted by Crippen LogP contribution is -2.29. The molecule has 0 fully saturated rings. The SMILES string of the molecule is Cl.NC1=N[C@H](CCCC[C@H](N)C(=O)O)CCCC1.O.O.O.